The zero-order valence-corrected chi connectivity index (χ0v) is 17.2. The first-order chi connectivity index (χ1) is 14.5. The maximum absolute atomic E-state index is 11.9. The van der Waals surface area contributed by atoms with Crippen molar-refractivity contribution in [2.75, 3.05) is 5.32 Å². The van der Waals surface area contributed by atoms with Gasteiger partial charge in [0.1, 0.15) is 12.4 Å². The Morgan fingerprint density at radius 1 is 0.900 bits per heavy atom. The Hall–Kier alpha value is -3.35. The van der Waals surface area contributed by atoms with Gasteiger partial charge in [0, 0.05) is 21.3 Å². The molecule has 0 bridgehead atoms. The van der Waals surface area contributed by atoms with Crippen LogP contribution in [0.4, 0.5) is 5.69 Å². The molecule has 3 aromatic carbocycles. The summed E-state index contributed by atoms with van der Waals surface area (Å²) in [5, 5.41) is 7.38. The van der Waals surface area contributed by atoms with Crippen LogP contribution in [0.1, 0.15) is 11.1 Å². The van der Waals surface area contributed by atoms with Gasteiger partial charge in [-0.15, -0.1) is 0 Å². The first-order valence-electron chi connectivity index (χ1n) is 8.87. The molecular formula is C22H17Cl2N3O3. The molecule has 0 radical (unpaired) electrons. The standard InChI is InChI=1S/C22H17Cl2N3O3/c23-17-10-8-15(9-11-17)14-30-20-7-2-1-4-16(20)13-25-27-22(29)21(28)26-19-6-3-5-18(24)12-19/h1-13H,14H2,(H,26,28)(H,27,29)/b25-13-. The predicted molar refractivity (Wildman–Crippen MR) is 118 cm³/mol. The highest BCUT2D eigenvalue weighted by atomic mass is 35.5. The molecule has 0 saturated heterocycles. The summed E-state index contributed by atoms with van der Waals surface area (Å²) in [6.45, 7) is 0.344. The number of para-hydroxylation sites is 1. The van der Waals surface area contributed by atoms with E-state index in [2.05, 4.69) is 15.8 Å². The molecule has 3 aromatic rings. The second-order valence-corrected chi connectivity index (χ2v) is 6.99. The number of hydrogen-bond donors (Lipinski definition) is 2. The van der Waals surface area contributed by atoms with Gasteiger partial charge >= 0.3 is 11.8 Å². The molecule has 0 unspecified atom stereocenters. The molecule has 0 fully saturated rings. The van der Waals surface area contributed by atoms with E-state index in [9.17, 15) is 9.59 Å². The summed E-state index contributed by atoms with van der Waals surface area (Å²) in [4.78, 5) is 23.9. The minimum atomic E-state index is -0.911. The van der Waals surface area contributed by atoms with Gasteiger partial charge in [-0.25, -0.2) is 5.43 Å². The minimum Gasteiger partial charge on any atom is -0.488 e. The number of nitrogens with zero attached hydrogens (tertiary/aromatic N) is 1. The van der Waals surface area contributed by atoms with Gasteiger partial charge in [0.2, 0.25) is 0 Å². The second-order valence-electron chi connectivity index (χ2n) is 6.12. The third-order valence-corrected chi connectivity index (χ3v) is 4.37. The van der Waals surface area contributed by atoms with Crippen LogP contribution in [0.15, 0.2) is 77.9 Å². The van der Waals surface area contributed by atoms with Gasteiger partial charge in [-0.2, -0.15) is 5.10 Å². The number of nitrogens with one attached hydrogen (secondary N) is 2. The number of hydrazone groups is 1. The molecule has 0 aromatic heterocycles. The lowest BCUT2D eigenvalue weighted by molar-refractivity contribution is -0.136. The summed E-state index contributed by atoms with van der Waals surface area (Å²) >= 11 is 11.7. The number of carbonyl (C=O) groups excluding carboxylic acids is 2. The smallest absolute Gasteiger partial charge is 0.329 e. The van der Waals surface area contributed by atoms with Crippen LogP contribution in [0.5, 0.6) is 5.75 Å². The summed E-state index contributed by atoms with van der Waals surface area (Å²) in [6.07, 6.45) is 1.40. The number of ether oxygens (including phenoxy) is 1. The van der Waals surface area contributed by atoms with Crippen LogP contribution in [0.3, 0.4) is 0 Å². The Balaban J connectivity index is 1.57. The van der Waals surface area contributed by atoms with Crippen molar-refractivity contribution in [2.24, 2.45) is 5.10 Å². The molecule has 0 spiro atoms. The van der Waals surface area contributed by atoms with Gasteiger partial charge in [-0.3, -0.25) is 9.59 Å². The zero-order chi connectivity index (χ0) is 21.3. The number of hydrogen-bond acceptors (Lipinski definition) is 4. The second kappa shape index (κ2) is 10.4. The molecule has 0 aliphatic carbocycles. The average Bonchev–Trinajstić information content (AvgIpc) is 2.74. The first kappa shape index (κ1) is 21.4. The minimum absolute atomic E-state index is 0.344. The molecular weight excluding hydrogens is 425 g/mol. The predicted octanol–water partition coefficient (Wildman–Crippen LogP) is 4.66. The Kier molecular flexibility index (Phi) is 7.43. The number of benzene rings is 3. The molecule has 2 N–H and O–H groups in total. The Morgan fingerprint density at radius 3 is 2.43 bits per heavy atom. The number of amides is 2. The maximum Gasteiger partial charge on any atom is 0.329 e. The van der Waals surface area contributed by atoms with Gasteiger partial charge in [-0.1, -0.05) is 53.5 Å². The monoisotopic (exact) mass is 441 g/mol. The number of rotatable bonds is 6. The zero-order valence-electron chi connectivity index (χ0n) is 15.6. The van der Waals surface area contributed by atoms with Crippen molar-refractivity contribution >= 4 is 46.9 Å². The highest BCUT2D eigenvalue weighted by Gasteiger charge is 2.13. The Morgan fingerprint density at radius 2 is 1.67 bits per heavy atom. The molecule has 0 atom stereocenters. The number of anilines is 1. The van der Waals surface area contributed by atoms with Crippen molar-refractivity contribution < 1.29 is 14.3 Å². The maximum atomic E-state index is 11.9. The van der Waals surface area contributed by atoms with Crippen LogP contribution in [0.25, 0.3) is 0 Å². The summed E-state index contributed by atoms with van der Waals surface area (Å²) in [5.74, 6) is -1.19. The Bertz CT molecular complexity index is 1070. The molecule has 8 heteroatoms. The molecule has 0 heterocycles. The normalized spacial score (nSPS) is 10.6. The van der Waals surface area contributed by atoms with Crippen LogP contribution in [0, 0.1) is 0 Å². The molecule has 2 amide bonds. The fourth-order valence-corrected chi connectivity index (χ4v) is 2.74. The highest BCUT2D eigenvalue weighted by molar-refractivity contribution is 6.39. The van der Waals surface area contributed by atoms with E-state index in [4.69, 9.17) is 27.9 Å². The van der Waals surface area contributed by atoms with Crippen LogP contribution in [-0.2, 0) is 16.2 Å². The van der Waals surface area contributed by atoms with Gasteiger partial charge in [-0.05, 0) is 48.0 Å². The van der Waals surface area contributed by atoms with E-state index in [0.29, 0.717) is 33.7 Å². The van der Waals surface area contributed by atoms with E-state index >= 15 is 0 Å². The molecule has 0 aliphatic rings. The summed E-state index contributed by atoms with van der Waals surface area (Å²) < 4.78 is 5.82. The van der Waals surface area contributed by atoms with E-state index in [1.165, 1.54) is 12.3 Å². The lowest BCUT2D eigenvalue weighted by atomic mass is 10.2. The van der Waals surface area contributed by atoms with Crippen molar-refractivity contribution in [1.82, 2.24) is 5.43 Å². The van der Waals surface area contributed by atoms with Crippen molar-refractivity contribution in [2.45, 2.75) is 6.61 Å². The van der Waals surface area contributed by atoms with Gasteiger partial charge in [0.05, 0.1) is 6.21 Å². The summed E-state index contributed by atoms with van der Waals surface area (Å²) in [6, 6.07) is 21.0. The van der Waals surface area contributed by atoms with E-state index in [1.54, 1.807) is 42.5 Å². The van der Waals surface area contributed by atoms with Crippen LogP contribution in [-0.4, -0.2) is 18.0 Å². The van der Waals surface area contributed by atoms with E-state index in [1.807, 2.05) is 24.3 Å². The van der Waals surface area contributed by atoms with Crippen molar-refractivity contribution in [3.63, 3.8) is 0 Å². The SMILES string of the molecule is O=C(N/N=C\c1ccccc1OCc1ccc(Cl)cc1)C(=O)Nc1cccc(Cl)c1. The van der Waals surface area contributed by atoms with Gasteiger partial charge < -0.3 is 10.1 Å². The fraction of sp³-hybridized carbons (Fsp3) is 0.0455. The van der Waals surface area contributed by atoms with Crippen LogP contribution in [0.2, 0.25) is 10.0 Å². The molecule has 3 rings (SSSR count). The Labute approximate surface area is 183 Å². The summed E-state index contributed by atoms with van der Waals surface area (Å²) in [5.41, 5.74) is 4.19. The quantitative estimate of drug-likeness (QED) is 0.331. The third-order valence-electron chi connectivity index (χ3n) is 3.89. The lowest BCUT2D eigenvalue weighted by Gasteiger charge is -2.09. The van der Waals surface area contributed by atoms with Crippen molar-refractivity contribution in [3.8, 4) is 5.75 Å². The molecule has 30 heavy (non-hydrogen) atoms. The average molecular weight is 442 g/mol. The van der Waals surface area contributed by atoms with Crippen molar-refractivity contribution in [1.29, 1.82) is 0 Å². The van der Waals surface area contributed by atoms with E-state index in [-0.39, 0.29) is 0 Å². The van der Waals surface area contributed by atoms with E-state index in [0.717, 1.165) is 5.56 Å². The summed E-state index contributed by atoms with van der Waals surface area (Å²) in [7, 11) is 0. The van der Waals surface area contributed by atoms with E-state index < -0.39 is 11.8 Å². The van der Waals surface area contributed by atoms with Crippen molar-refractivity contribution in [3.05, 3.63) is 94.0 Å². The van der Waals surface area contributed by atoms with Gasteiger partial charge in [0.15, 0.2) is 0 Å². The van der Waals surface area contributed by atoms with Gasteiger partial charge in [0.25, 0.3) is 0 Å². The highest BCUT2D eigenvalue weighted by Crippen LogP contribution is 2.18. The first-order valence-corrected chi connectivity index (χ1v) is 9.63. The van der Waals surface area contributed by atoms with Crippen LogP contribution >= 0.6 is 23.2 Å². The fourth-order valence-electron chi connectivity index (χ4n) is 2.43. The third kappa shape index (κ3) is 6.34. The number of halogens is 2. The largest absolute Gasteiger partial charge is 0.488 e. The molecule has 152 valence electrons. The molecule has 0 saturated carbocycles. The van der Waals surface area contributed by atoms with Crippen LogP contribution < -0.4 is 15.5 Å². The molecule has 6 nitrogen and oxygen atoms in total. The topological polar surface area (TPSA) is 79.8 Å². The lowest BCUT2D eigenvalue weighted by Crippen LogP contribution is -2.32. The molecule has 0 aliphatic heterocycles. The number of carbonyl (C=O) groups is 2.